The summed E-state index contributed by atoms with van der Waals surface area (Å²) in [5.74, 6) is -0.746. The second-order valence-corrected chi connectivity index (χ2v) is 8.29. The minimum Gasteiger partial charge on any atom is -0.484 e. The molecule has 2 unspecified atom stereocenters. The highest BCUT2D eigenvalue weighted by Crippen LogP contribution is 2.32. The Bertz CT molecular complexity index is 976. The number of cyclic esters (lactones) is 1. The average Bonchev–Trinajstić information content (AvgIpc) is 2.75. The lowest BCUT2D eigenvalue weighted by Gasteiger charge is -2.25. The van der Waals surface area contributed by atoms with Crippen molar-refractivity contribution in [1.29, 1.82) is 0 Å². The zero-order valence-electron chi connectivity index (χ0n) is 17.4. The minimum absolute atomic E-state index is 0.283. The van der Waals surface area contributed by atoms with Crippen LogP contribution >= 0.6 is 11.8 Å². The second-order valence-electron chi connectivity index (χ2n) is 7.31. The van der Waals surface area contributed by atoms with Gasteiger partial charge in [0.2, 0.25) is 0 Å². The fourth-order valence-electron chi connectivity index (χ4n) is 3.42. The number of benzene rings is 2. The number of rotatable bonds is 9. The fourth-order valence-corrected chi connectivity index (χ4v) is 3.90. The number of hydrogen-bond acceptors (Lipinski definition) is 6. The number of nitrogens with one attached hydrogen (secondary N) is 1. The van der Waals surface area contributed by atoms with E-state index in [2.05, 4.69) is 5.32 Å². The number of ether oxygens (including phenoxy) is 2. The van der Waals surface area contributed by atoms with Crippen molar-refractivity contribution in [2.24, 2.45) is 0 Å². The van der Waals surface area contributed by atoms with Gasteiger partial charge in [-0.3, -0.25) is 4.79 Å². The zero-order chi connectivity index (χ0) is 22.4. The number of carbonyl (C=O) groups excluding carboxylic acids is 2. The molecule has 8 heteroatoms. The predicted octanol–water partition coefficient (Wildman–Crippen LogP) is 3.15. The number of fused-ring (bicyclic) bond motifs is 1. The number of aryl methyl sites for hydroxylation is 1. The molecule has 164 valence electrons. The molecule has 2 aromatic carbocycles. The molecule has 7 nitrogen and oxygen atoms in total. The summed E-state index contributed by atoms with van der Waals surface area (Å²) in [5, 5.41) is 11.7. The van der Waals surface area contributed by atoms with Crippen LogP contribution in [0.2, 0.25) is 0 Å². The van der Waals surface area contributed by atoms with Gasteiger partial charge in [0.15, 0.2) is 6.61 Å². The summed E-state index contributed by atoms with van der Waals surface area (Å²) in [6.07, 6.45) is 2.44. The topological polar surface area (TPSA) is 102 Å². The summed E-state index contributed by atoms with van der Waals surface area (Å²) < 4.78 is 11.2. The third kappa shape index (κ3) is 5.79. The van der Waals surface area contributed by atoms with Gasteiger partial charge in [0.05, 0.1) is 5.56 Å². The molecule has 0 aliphatic carbocycles. The Morgan fingerprint density at radius 2 is 2.06 bits per heavy atom. The summed E-state index contributed by atoms with van der Waals surface area (Å²) in [5.41, 5.74) is 3.18. The summed E-state index contributed by atoms with van der Waals surface area (Å²) in [6.45, 7) is 1.56. The molecule has 0 bridgehead atoms. The van der Waals surface area contributed by atoms with Gasteiger partial charge in [-0.25, -0.2) is 9.59 Å². The summed E-state index contributed by atoms with van der Waals surface area (Å²) >= 11 is 1.52. The van der Waals surface area contributed by atoms with E-state index in [-0.39, 0.29) is 18.7 Å². The molecule has 2 aromatic rings. The maximum atomic E-state index is 12.3. The first-order chi connectivity index (χ1) is 14.9. The number of carboxylic acids is 1. The van der Waals surface area contributed by atoms with Gasteiger partial charge >= 0.3 is 11.9 Å². The molecule has 0 saturated heterocycles. The molecule has 0 fully saturated rings. The highest BCUT2D eigenvalue weighted by Gasteiger charge is 2.27. The minimum atomic E-state index is -1.06. The first kappa shape index (κ1) is 22.7. The van der Waals surface area contributed by atoms with E-state index in [1.54, 1.807) is 12.1 Å². The molecule has 2 atom stereocenters. The first-order valence-corrected chi connectivity index (χ1v) is 11.3. The molecule has 2 N–H and O–H groups in total. The molecular formula is C23H25NO6S. The van der Waals surface area contributed by atoms with Crippen LogP contribution in [-0.2, 0) is 20.7 Å². The van der Waals surface area contributed by atoms with E-state index in [1.807, 2.05) is 43.5 Å². The molecule has 3 rings (SSSR count). The third-order valence-electron chi connectivity index (χ3n) is 5.07. The molecule has 1 amide bonds. The summed E-state index contributed by atoms with van der Waals surface area (Å²) in [6, 6.07) is 11.9. The van der Waals surface area contributed by atoms with Crippen molar-refractivity contribution >= 4 is 29.6 Å². The van der Waals surface area contributed by atoms with Crippen LogP contribution in [0.3, 0.4) is 0 Å². The highest BCUT2D eigenvalue weighted by molar-refractivity contribution is 7.98. The lowest BCUT2D eigenvalue weighted by Crippen LogP contribution is -2.43. The van der Waals surface area contributed by atoms with Crippen LogP contribution in [0.15, 0.2) is 42.5 Å². The van der Waals surface area contributed by atoms with Gasteiger partial charge in [0, 0.05) is 6.42 Å². The first-order valence-electron chi connectivity index (χ1n) is 9.92. The molecule has 0 saturated carbocycles. The fraction of sp³-hybridized carbons (Fsp3) is 0.348. The van der Waals surface area contributed by atoms with E-state index in [0.717, 1.165) is 16.7 Å². The normalized spacial score (nSPS) is 16.1. The quantitative estimate of drug-likeness (QED) is 0.574. The van der Waals surface area contributed by atoms with Gasteiger partial charge in [0.25, 0.3) is 5.91 Å². The lowest BCUT2D eigenvalue weighted by atomic mass is 9.94. The Hall–Kier alpha value is -3.00. The molecular weight excluding hydrogens is 418 g/mol. The Labute approximate surface area is 185 Å². The van der Waals surface area contributed by atoms with Gasteiger partial charge in [0.1, 0.15) is 17.9 Å². The maximum Gasteiger partial charge on any atom is 0.339 e. The Morgan fingerprint density at radius 3 is 2.77 bits per heavy atom. The predicted molar refractivity (Wildman–Crippen MR) is 118 cm³/mol. The van der Waals surface area contributed by atoms with E-state index >= 15 is 0 Å². The smallest absolute Gasteiger partial charge is 0.339 e. The van der Waals surface area contributed by atoms with Crippen LogP contribution in [-0.4, -0.2) is 47.6 Å². The zero-order valence-corrected chi connectivity index (χ0v) is 18.2. The van der Waals surface area contributed by atoms with Crippen molar-refractivity contribution < 1.29 is 29.0 Å². The number of aliphatic carboxylic acids is 1. The molecule has 0 radical (unpaired) electrons. The van der Waals surface area contributed by atoms with Crippen molar-refractivity contribution in [2.45, 2.75) is 31.9 Å². The van der Waals surface area contributed by atoms with Crippen molar-refractivity contribution in [2.75, 3.05) is 18.6 Å². The second kappa shape index (κ2) is 10.3. The number of carbonyl (C=O) groups is 3. The maximum absolute atomic E-state index is 12.3. The number of carboxylic acid groups (broad SMARTS) is 1. The Kier molecular flexibility index (Phi) is 7.57. The van der Waals surface area contributed by atoms with Gasteiger partial charge in [-0.1, -0.05) is 24.3 Å². The van der Waals surface area contributed by atoms with Crippen LogP contribution in [0.1, 0.15) is 39.6 Å². The van der Waals surface area contributed by atoms with E-state index in [1.165, 1.54) is 11.8 Å². The van der Waals surface area contributed by atoms with Gasteiger partial charge in [-0.15, -0.1) is 0 Å². The lowest BCUT2D eigenvalue weighted by molar-refractivity contribution is -0.142. The Morgan fingerprint density at radius 1 is 1.29 bits per heavy atom. The molecule has 31 heavy (non-hydrogen) atoms. The van der Waals surface area contributed by atoms with Crippen LogP contribution < -0.4 is 10.1 Å². The molecule has 1 heterocycles. The number of hydrogen-bond donors (Lipinski definition) is 2. The monoisotopic (exact) mass is 443 g/mol. The van der Waals surface area contributed by atoms with Crippen LogP contribution in [0.5, 0.6) is 5.75 Å². The van der Waals surface area contributed by atoms with E-state index in [0.29, 0.717) is 29.9 Å². The van der Waals surface area contributed by atoms with Crippen molar-refractivity contribution in [3.63, 3.8) is 0 Å². The standard InChI is InChI=1S/C23H25NO6S/c1-14-11-16(20-12-15-5-3-4-6-17(15)23(28)30-20)7-8-19(14)29-13-21(25)24-18(22(26)27)9-10-31-2/h3-8,11,18,20H,9-10,12-13H2,1-2H3,(H,24,25)(H,26,27). The van der Waals surface area contributed by atoms with E-state index in [4.69, 9.17) is 9.47 Å². The van der Waals surface area contributed by atoms with Gasteiger partial charge < -0.3 is 19.9 Å². The average molecular weight is 444 g/mol. The molecule has 1 aliphatic heterocycles. The molecule has 0 aromatic heterocycles. The SMILES string of the molecule is CSCCC(NC(=O)COc1ccc(C2Cc3ccccc3C(=O)O2)cc1C)C(=O)O. The Balaban J connectivity index is 1.60. The molecule has 1 aliphatic rings. The number of amides is 1. The molecule has 0 spiro atoms. The summed E-state index contributed by atoms with van der Waals surface area (Å²) in [7, 11) is 0. The van der Waals surface area contributed by atoms with Crippen LogP contribution in [0.25, 0.3) is 0 Å². The number of esters is 1. The van der Waals surface area contributed by atoms with E-state index < -0.39 is 17.9 Å². The van der Waals surface area contributed by atoms with Crippen molar-refractivity contribution in [3.05, 3.63) is 64.7 Å². The van der Waals surface area contributed by atoms with Gasteiger partial charge in [-0.05, 0) is 60.2 Å². The van der Waals surface area contributed by atoms with Crippen molar-refractivity contribution in [3.8, 4) is 5.75 Å². The largest absolute Gasteiger partial charge is 0.484 e. The van der Waals surface area contributed by atoms with Crippen molar-refractivity contribution in [1.82, 2.24) is 5.32 Å². The third-order valence-corrected chi connectivity index (χ3v) is 5.71. The summed E-state index contributed by atoms with van der Waals surface area (Å²) in [4.78, 5) is 35.6. The van der Waals surface area contributed by atoms with Gasteiger partial charge in [-0.2, -0.15) is 11.8 Å². The highest BCUT2D eigenvalue weighted by atomic mass is 32.2. The van der Waals surface area contributed by atoms with Crippen LogP contribution in [0.4, 0.5) is 0 Å². The van der Waals surface area contributed by atoms with Crippen LogP contribution in [0, 0.1) is 6.92 Å². The van der Waals surface area contributed by atoms with E-state index in [9.17, 15) is 19.5 Å². The number of thioether (sulfide) groups is 1.